The molecule has 4 aromatic rings. The van der Waals surface area contributed by atoms with E-state index in [9.17, 15) is 13.6 Å². The van der Waals surface area contributed by atoms with Crippen molar-refractivity contribution in [1.29, 1.82) is 0 Å². The summed E-state index contributed by atoms with van der Waals surface area (Å²) >= 11 is 5.99. The molecular formula is C23H15ClF2N4O. The predicted octanol–water partition coefficient (Wildman–Crippen LogP) is 5.08. The maximum Gasteiger partial charge on any atom is 0.252 e. The van der Waals surface area contributed by atoms with Crippen molar-refractivity contribution >= 4 is 17.5 Å². The van der Waals surface area contributed by atoms with Gasteiger partial charge in [-0.2, -0.15) is 5.10 Å². The molecule has 2 aromatic heterocycles. The van der Waals surface area contributed by atoms with Crippen molar-refractivity contribution in [1.82, 2.24) is 20.1 Å². The number of rotatable bonds is 3. The van der Waals surface area contributed by atoms with Crippen molar-refractivity contribution in [2.75, 3.05) is 0 Å². The molecular weight excluding hydrogens is 422 g/mol. The first-order valence-electron chi connectivity index (χ1n) is 9.50. The fraction of sp³-hybridized carbons (Fsp3) is 0.0870. The average molecular weight is 437 g/mol. The topological polar surface area (TPSA) is 59.8 Å². The van der Waals surface area contributed by atoms with Crippen LogP contribution in [-0.2, 0) is 6.54 Å². The molecule has 5 rings (SSSR count). The van der Waals surface area contributed by atoms with E-state index in [2.05, 4.69) is 15.4 Å². The molecule has 0 bridgehead atoms. The van der Waals surface area contributed by atoms with E-state index < -0.39 is 5.82 Å². The number of aromatic nitrogens is 3. The van der Waals surface area contributed by atoms with Crippen molar-refractivity contribution in [3.05, 3.63) is 88.1 Å². The van der Waals surface area contributed by atoms with Gasteiger partial charge in [-0.3, -0.25) is 9.78 Å². The van der Waals surface area contributed by atoms with E-state index in [4.69, 9.17) is 11.6 Å². The minimum atomic E-state index is -0.548. The van der Waals surface area contributed by atoms with Gasteiger partial charge >= 0.3 is 0 Å². The zero-order valence-electron chi connectivity index (χ0n) is 16.3. The smallest absolute Gasteiger partial charge is 0.252 e. The third-order valence-electron chi connectivity index (χ3n) is 5.16. The summed E-state index contributed by atoms with van der Waals surface area (Å²) < 4.78 is 29.5. The number of carbonyl (C=O) groups is 1. The number of amides is 1. The quantitative estimate of drug-likeness (QED) is 0.487. The summed E-state index contributed by atoms with van der Waals surface area (Å²) in [5, 5.41) is 7.41. The maximum absolute atomic E-state index is 14.2. The van der Waals surface area contributed by atoms with E-state index in [1.807, 2.05) is 6.07 Å². The van der Waals surface area contributed by atoms with Crippen LogP contribution in [0.25, 0.3) is 28.3 Å². The third-order valence-corrected chi connectivity index (χ3v) is 5.45. The molecule has 1 aliphatic rings. The van der Waals surface area contributed by atoms with Gasteiger partial charge in [0.25, 0.3) is 5.91 Å². The van der Waals surface area contributed by atoms with Gasteiger partial charge in [0, 0.05) is 29.4 Å². The highest BCUT2D eigenvalue weighted by molar-refractivity contribution is 6.30. The summed E-state index contributed by atoms with van der Waals surface area (Å²) in [6, 6.07) is 12.4. The third kappa shape index (κ3) is 3.37. The first-order chi connectivity index (χ1) is 14.9. The molecule has 154 valence electrons. The van der Waals surface area contributed by atoms with Gasteiger partial charge in [-0.05, 0) is 61.0 Å². The van der Waals surface area contributed by atoms with E-state index in [1.165, 1.54) is 24.3 Å². The number of pyridine rings is 1. The lowest BCUT2D eigenvalue weighted by atomic mass is 10.0. The minimum Gasteiger partial charge on any atom is -0.348 e. The summed E-state index contributed by atoms with van der Waals surface area (Å²) in [6.07, 6.45) is 1.55. The summed E-state index contributed by atoms with van der Waals surface area (Å²) in [6.45, 7) is 2.15. The summed E-state index contributed by atoms with van der Waals surface area (Å²) in [5.41, 5.74) is 4.79. The van der Waals surface area contributed by atoms with E-state index in [0.29, 0.717) is 40.4 Å². The van der Waals surface area contributed by atoms with Crippen LogP contribution in [0.5, 0.6) is 0 Å². The molecule has 0 aliphatic carbocycles. The normalized spacial score (nSPS) is 12.7. The first-order valence-corrected chi connectivity index (χ1v) is 9.88. The highest BCUT2D eigenvalue weighted by atomic mass is 35.5. The monoisotopic (exact) mass is 436 g/mol. The van der Waals surface area contributed by atoms with Crippen LogP contribution < -0.4 is 5.32 Å². The molecule has 0 fully saturated rings. The highest BCUT2D eigenvalue weighted by Gasteiger charge is 2.25. The van der Waals surface area contributed by atoms with Gasteiger partial charge < -0.3 is 5.32 Å². The van der Waals surface area contributed by atoms with Crippen LogP contribution in [0.2, 0.25) is 5.02 Å². The van der Waals surface area contributed by atoms with Crippen LogP contribution >= 0.6 is 11.6 Å². The van der Waals surface area contributed by atoms with Crippen molar-refractivity contribution in [3.8, 4) is 28.3 Å². The molecule has 1 N–H and O–H groups in total. The molecule has 0 unspecified atom stereocenters. The van der Waals surface area contributed by atoms with Gasteiger partial charge in [0.2, 0.25) is 0 Å². The molecule has 2 aromatic carbocycles. The molecule has 0 saturated carbocycles. The number of nitrogens with one attached hydrogen (secondary N) is 1. The van der Waals surface area contributed by atoms with E-state index in [0.717, 1.165) is 11.1 Å². The van der Waals surface area contributed by atoms with Crippen LogP contribution in [0.1, 0.15) is 21.5 Å². The van der Waals surface area contributed by atoms with Gasteiger partial charge in [0.05, 0.1) is 22.1 Å². The molecule has 3 heterocycles. The van der Waals surface area contributed by atoms with Crippen molar-refractivity contribution < 1.29 is 13.6 Å². The zero-order chi connectivity index (χ0) is 21.7. The number of carbonyl (C=O) groups excluding carboxylic acids is 1. The zero-order valence-corrected chi connectivity index (χ0v) is 17.0. The van der Waals surface area contributed by atoms with Crippen LogP contribution in [0.4, 0.5) is 8.78 Å². The van der Waals surface area contributed by atoms with Gasteiger partial charge in [-0.25, -0.2) is 13.5 Å². The SMILES string of the molecule is Cc1cc(F)cc(-c2cc(-c3nccc4c3CNC4=O)nn2-c2ccc(F)c(Cl)c2)c1. The lowest BCUT2D eigenvalue weighted by Gasteiger charge is -2.09. The second-order valence-corrected chi connectivity index (χ2v) is 7.72. The fourth-order valence-electron chi connectivity index (χ4n) is 3.77. The summed E-state index contributed by atoms with van der Waals surface area (Å²) in [4.78, 5) is 16.5. The number of aryl methyl sites for hydroxylation is 1. The Morgan fingerprint density at radius 3 is 2.71 bits per heavy atom. The van der Waals surface area contributed by atoms with Crippen LogP contribution in [0, 0.1) is 18.6 Å². The lowest BCUT2D eigenvalue weighted by molar-refractivity contribution is 0.0965. The Hall–Kier alpha value is -3.58. The Morgan fingerprint density at radius 2 is 1.94 bits per heavy atom. The highest BCUT2D eigenvalue weighted by Crippen LogP contribution is 2.33. The molecule has 0 spiro atoms. The number of nitrogens with zero attached hydrogens (tertiary/aromatic N) is 3. The average Bonchev–Trinajstić information content (AvgIpc) is 3.34. The maximum atomic E-state index is 14.2. The van der Waals surface area contributed by atoms with Crippen molar-refractivity contribution in [2.24, 2.45) is 0 Å². The van der Waals surface area contributed by atoms with E-state index in [-0.39, 0.29) is 16.7 Å². The Balaban J connectivity index is 1.75. The standard InChI is InChI=1S/C23H15ClF2N4O/c1-12-6-13(8-14(25)7-12)21-10-20(22-17-11-28-23(31)16(17)4-5-27-22)29-30(21)15-2-3-19(26)18(24)9-15/h2-10H,11H2,1H3,(H,28,31). The second-order valence-electron chi connectivity index (χ2n) is 7.31. The number of fused-ring (bicyclic) bond motifs is 1. The molecule has 1 aliphatic heterocycles. The molecule has 8 heteroatoms. The molecule has 0 saturated heterocycles. The van der Waals surface area contributed by atoms with E-state index >= 15 is 0 Å². The fourth-order valence-corrected chi connectivity index (χ4v) is 3.94. The number of hydrogen-bond acceptors (Lipinski definition) is 3. The van der Waals surface area contributed by atoms with Gasteiger partial charge in [-0.1, -0.05) is 11.6 Å². The molecule has 31 heavy (non-hydrogen) atoms. The largest absolute Gasteiger partial charge is 0.348 e. The lowest BCUT2D eigenvalue weighted by Crippen LogP contribution is -2.12. The van der Waals surface area contributed by atoms with Gasteiger partial charge in [-0.15, -0.1) is 0 Å². The van der Waals surface area contributed by atoms with Crippen molar-refractivity contribution in [3.63, 3.8) is 0 Å². The molecule has 1 amide bonds. The Bertz CT molecular complexity index is 1350. The Kier molecular flexibility index (Phi) is 4.55. The Labute approximate surface area is 181 Å². The predicted molar refractivity (Wildman–Crippen MR) is 113 cm³/mol. The van der Waals surface area contributed by atoms with Gasteiger partial charge in [0.1, 0.15) is 17.3 Å². The van der Waals surface area contributed by atoms with Crippen LogP contribution in [0.3, 0.4) is 0 Å². The summed E-state index contributed by atoms with van der Waals surface area (Å²) in [5.74, 6) is -1.09. The number of halogens is 3. The first kappa shape index (κ1) is 19.4. The minimum absolute atomic E-state index is 0.0514. The Morgan fingerprint density at radius 1 is 1.10 bits per heavy atom. The van der Waals surface area contributed by atoms with E-state index in [1.54, 1.807) is 36.0 Å². The number of hydrogen-bond donors (Lipinski definition) is 1. The molecule has 0 atom stereocenters. The van der Waals surface area contributed by atoms with Crippen molar-refractivity contribution in [2.45, 2.75) is 13.5 Å². The van der Waals surface area contributed by atoms with Gasteiger partial charge in [0.15, 0.2) is 0 Å². The van der Waals surface area contributed by atoms with Crippen LogP contribution in [0.15, 0.2) is 54.7 Å². The molecule has 0 radical (unpaired) electrons. The molecule has 5 nitrogen and oxygen atoms in total. The number of benzene rings is 2. The van der Waals surface area contributed by atoms with Crippen LogP contribution in [-0.4, -0.2) is 20.7 Å². The second kappa shape index (κ2) is 7.28. The summed E-state index contributed by atoms with van der Waals surface area (Å²) in [7, 11) is 0.